The monoisotopic (exact) mass is 217 g/mol. The lowest BCUT2D eigenvalue weighted by atomic mass is 9.86. The summed E-state index contributed by atoms with van der Waals surface area (Å²) in [4.78, 5) is 2.35. The molecule has 0 atom stereocenters. The lowest BCUT2D eigenvalue weighted by Crippen LogP contribution is -2.29. The maximum Gasteiger partial charge on any atom is 0.0405 e. The molecule has 0 aromatic heterocycles. The Kier molecular flexibility index (Phi) is 3.25. The molecule has 2 rings (SSSR count). The molecule has 1 heterocycles. The standard InChI is InChI=1S/C13H19N3/c1-16-7-5-10(6-8-16)11-3-2-4-13(15)12(11)9-14/h2-4,9-10,14H,5-8,15H2,1H3. The molecule has 1 aromatic rings. The lowest BCUT2D eigenvalue weighted by Gasteiger charge is -2.30. The van der Waals surface area contributed by atoms with E-state index in [1.54, 1.807) is 0 Å². The second kappa shape index (κ2) is 4.66. The van der Waals surface area contributed by atoms with Gasteiger partial charge in [0.15, 0.2) is 0 Å². The van der Waals surface area contributed by atoms with Crippen LogP contribution in [0.1, 0.15) is 29.9 Å². The number of nitrogen functional groups attached to an aromatic ring is 1. The van der Waals surface area contributed by atoms with Crippen molar-refractivity contribution in [2.75, 3.05) is 25.9 Å². The maximum atomic E-state index is 7.47. The summed E-state index contributed by atoms with van der Waals surface area (Å²) in [7, 11) is 2.16. The first-order valence-corrected chi connectivity index (χ1v) is 5.79. The molecule has 0 aliphatic carbocycles. The number of benzene rings is 1. The Morgan fingerprint density at radius 2 is 2.06 bits per heavy atom. The fourth-order valence-electron chi connectivity index (χ4n) is 2.44. The van der Waals surface area contributed by atoms with Crippen LogP contribution in [0.25, 0.3) is 0 Å². The molecule has 3 heteroatoms. The third kappa shape index (κ3) is 2.09. The minimum Gasteiger partial charge on any atom is -0.398 e. The number of anilines is 1. The molecule has 0 amide bonds. The first kappa shape index (κ1) is 11.1. The van der Waals surface area contributed by atoms with Crippen molar-refractivity contribution < 1.29 is 0 Å². The molecular weight excluding hydrogens is 198 g/mol. The summed E-state index contributed by atoms with van der Waals surface area (Å²) in [6.45, 7) is 2.27. The van der Waals surface area contributed by atoms with E-state index in [0.717, 1.165) is 24.3 Å². The largest absolute Gasteiger partial charge is 0.398 e. The Morgan fingerprint density at radius 3 is 2.69 bits per heavy atom. The van der Waals surface area contributed by atoms with Crippen molar-refractivity contribution in [2.24, 2.45) is 0 Å². The summed E-state index contributed by atoms with van der Waals surface area (Å²) in [6, 6.07) is 5.99. The maximum absolute atomic E-state index is 7.47. The molecule has 1 aromatic carbocycles. The molecule has 1 aliphatic rings. The summed E-state index contributed by atoms with van der Waals surface area (Å²) in [5, 5.41) is 7.47. The predicted molar refractivity (Wildman–Crippen MR) is 68.2 cm³/mol. The molecule has 3 nitrogen and oxygen atoms in total. The number of nitrogens with two attached hydrogens (primary N) is 1. The number of rotatable bonds is 2. The summed E-state index contributed by atoms with van der Waals surface area (Å²) in [6.07, 6.45) is 3.73. The lowest BCUT2D eigenvalue weighted by molar-refractivity contribution is 0.255. The zero-order valence-electron chi connectivity index (χ0n) is 9.74. The second-order valence-corrected chi connectivity index (χ2v) is 4.57. The van der Waals surface area contributed by atoms with Crippen LogP contribution in [-0.2, 0) is 0 Å². The Labute approximate surface area is 96.8 Å². The normalized spacial score (nSPS) is 18.6. The van der Waals surface area contributed by atoms with E-state index in [9.17, 15) is 0 Å². The van der Waals surface area contributed by atoms with Crippen molar-refractivity contribution in [1.29, 1.82) is 5.41 Å². The van der Waals surface area contributed by atoms with Gasteiger partial charge in [-0.3, -0.25) is 0 Å². The van der Waals surface area contributed by atoms with Gasteiger partial charge in [-0.15, -0.1) is 0 Å². The van der Waals surface area contributed by atoms with Crippen LogP contribution in [0.3, 0.4) is 0 Å². The van der Waals surface area contributed by atoms with Gasteiger partial charge in [0.05, 0.1) is 0 Å². The van der Waals surface area contributed by atoms with E-state index in [1.165, 1.54) is 24.6 Å². The van der Waals surface area contributed by atoms with Crippen LogP contribution < -0.4 is 5.73 Å². The van der Waals surface area contributed by atoms with Gasteiger partial charge in [-0.2, -0.15) is 0 Å². The average molecular weight is 217 g/mol. The fraction of sp³-hybridized carbons (Fsp3) is 0.462. The second-order valence-electron chi connectivity index (χ2n) is 4.57. The van der Waals surface area contributed by atoms with Gasteiger partial charge in [0.25, 0.3) is 0 Å². The Morgan fingerprint density at radius 1 is 1.38 bits per heavy atom. The average Bonchev–Trinajstić information content (AvgIpc) is 2.30. The molecule has 3 N–H and O–H groups in total. The number of piperidine rings is 1. The Hall–Kier alpha value is -1.35. The van der Waals surface area contributed by atoms with E-state index >= 15 is 0 Å². The highest BCUT2D eigenvalue weighted by atomic mass is 15.1. The first-order valence-electron chi connectivity index (χ1n) is 5.79. The number of nitrogens with zero attached hydrogens (tertiary/aromatic N) is 1. The van der Waals surface area contributed by atoms with Gasteiger partial charge >= 0.3 is 0 Å². The van der Waals surface area contributed by atoms with Crippen molar-refractivity contribution in [1.82, 2.24) is 4.90 Å². The molecule has 0 radical (unpaired) electrons. The molecule has 86 valence electrons. The van der Waals surface area contributed by atoms with Crippen LogP contribution in [-0.4, -0.2) is 31.3 Å². The van der Waals surface area contributed by atoms with E-state index in [-0.39, 0.29) is 0 Å². The van der Waals surface area contributed by atoms with Gasteiger partial charge < -0.3 is 16.0 Å². The van der Waals surface area contributed by atoms with Crippen molar-refractivity contribution in [3.63, 3.8) is 0 Å². The van der Waals surface area contributed by atoms with Crippen molar-refractivity contribution in [3.8, 4) is 0 Å². The molecule has 0 spiro atoms. The van der Waals surface area contributed by atoms with Crippen LogP contribution in [0, 0.1) is 5.41 Å². The van der Waals surface area contributed by atoms with Crippen molar-refractivity contribution in [3.05, 3.63) is 29.3 Å². The number of hydrogen-bond donors (Lipinski definition) is 2. The number of hydrogen-bond acceptors (Lipinski definition) is 3. The van der Waals surface area contributed by atoms with Crippen molar-refractivity contribution in [2.45, 2.75) is 18.8 Å². The molecular formula is C13H19N3. The topological polar surface area (TPSA) is 53.1 Å². The molecule has 0 saturated carbocycles. The SMILES string of the molecule is CN1CCC(c2cccc(N)c2C=N)CC1. The zero-order chi connectivity index (χ0) is 11.5. The summed E-state index contributed by atoms with van der Waals surface area (Å²) in [5.74, 6) is 0.566. The van der Waals surface area contributed by atoms with Gasteiger partial charge in [-0.1, -0.05) is 12.1 Å². The van der Waals surface area contributed by atoms with E-state index in [1.807, 2.05) is 12.1 Å². The summed E-state index contributed by atoms with van der Waals surface area (Å²) < 4.78 is 0. The van der Waals surface area contributed by atoms with Gasteiger partial charge in [0.2, 0.25) is 0 Å². The summed E-state index contributed by atoms with van der Waals surface area (Å²) in [5.41, 5.74) is 8.80. The Bertz CT molecular complexity index is 379. The minimum absolute atomic E-state index is 0.566. The van der Waals surface area contributed by atoms with Crippen LogP contribution in [0.5, 0.6) is 0 Å². The first-order chi connectivity index (χ1) is 7.72. The fourth-order valence-corrected chi connectivity index (χ4v) is 2.44. The van der Waals surface area contributed by atoms with Gasteiger partial charge in [-0.05, 0) is 50.5 Å². The molecule has 1 aliphatic heterocycles. The number of likely N-dealkylation sites (tertiary alicyclic amines) is 1. The van der Waals surface area contributed by atoms with Crippen LogP contribution in [0.4, 0.5) is 5.69 Å². The predicted octanol–water partition coefficient (Wildman–Crippen LogP) is 2.08. The van der Waals surface area contributed by atoms with Gasteiger partial charge in [0, 0.05) is 17.5 Å². The van der Waals surface area contributed by atoms with Gasteiger partial charge in [-0.25, -0.2) is 0 Å². The molecule has 1 fully saturated rings. The molecule has 0 unspecified atom stereocenters. The van der Waals surface area contributed by atoms with Crippen LogP contribution >= 0.6 is 0 Å². The smallest absolute Gasteiger partial charge is 0.0405 e. The molecule has 0 bridgehead atoms. The summed E-state index contributed by atoms with van der Waals surface area (Å²) >= 11 is 0. The van der Waals surface area contributed by atoms with E-state index in [0.29, 0.717) is 5.92 Å². The zero-order valence-corrected chi connectivity index (χ0v) is 9.74. The van der Waals surface area contributed by atoms with Crippen molar-refractivity contribution >= 4 is 11.9 Å². The van der Waals surface area contributed by atoms with E-state index in [4.69, 9.17) is 11.1 Å². The van der Waals surface area contributed by atoms with Crippen LogP contribution in [0.2, 0.25) is 0 Å². The quantitative estimate of drug-likeness (QED) is 0.588. The number of nitrogens with one attached hydrogen (secondary N) is 1. The third-order valence-corrected chi connectivity index (χ3v) is 3.48. The Balaban J connectivity index is 2.26. The van der Waals surface area contributed by atoms with E-state index in [2.05, 4.69) is 18.0 Å². The highest BCUT2D eigenvalue weighted by molar-refractivity contribution is 5.87. The minimum atomic E-state index is 0.566. The molecule has 16 heavy (non-hydrogen) atoms. The highest BCUT2D eigenvalue weighted by Gasteiger charge is 2.20. The highest BCUT2D eigenvalue weighted by Crippen LogP contribution is 2.31. The van der Waals surface area contributed by atoms with Gasteiger partial charge in [0.1, 0.15) is 0 Å². The van der Waals surface area contributed by atoms with E-state index < -0.39 is 0 Å². The van der Waals surface area contributed by atoms with Crippen LogP contribution in [0.15, 0.2) is 18.2 Å². The molecule has 1 saturated heterocycles. The third-order valence-electron chi connectivity index (χ3n) is 3.48.